The minimum Gasteiger partial charge on any atom is -0.444 e. The highest BCUT2D eigenvalue weighted by Crippen LogP contribution is 2.19. The topological polar surface area (TPSA) is 88.5 Å². The predicted molar refractivity (Wildman–Crippen MR) is 120 cm³/mol. The summed E-state index contributed by atoms with van der Waals surface area (Å²) in [5.41, 5.74) is 2.48. The summed E-state index contributed by atoms with van der Waals surface area (Å²) < 4.78 is 23.8. The molecule has 0 aliphatic heterocycles. The third-order valence-electron chi connectivity index (χ3n) is 4.14. The Morgan fingerprint density at radius 3 is 2.62 bits per heavy atom. The minimum absolute atomic E-state index is 0. The molecule has 0 fully saturated rings. The lowest BCUT2D eigenvalue weighted by Gasteiger charge is -2.09. The van der Waals surface area contributed by atoms with Gasteiger partial charge in [-0.15, -0.1) is 24.0 Å². The highest BCUT2D eigenvalue weighted by molar-refractivity contribution is 14.0. The molecule has 0 unspecified atom stereocenters. The molecule has 0 bridgehead atoms. The standard InChI is InChI=1S/C20H24FN5O2.HI/c1-13(2)18-10-17(28-26-18)11-24-20(22-3)23-9-8-16-12-27-19(25-16)14-4-6-15(21)7-5-14;/h4-7,10,12-13H,8-9,11H2,1-3H3,(H2,22,23,24);1H. The zero-order valence-corrected chi connectivity index (χ0v) is 18.9. The number of nitrogens with one attached hydrogen (secondary N) is 2. The molecule has 2 N–H and O–H groups in total. The Labute approximate surface area is 186 Å². The maximum Gasteiger partial charge on any atom is 0.226 e. The van der Waals surface area contributed by atoms with Crippen LogP contribution in [0.25, 0.3) is 11.5 Å². The normalized spacial score (nSPS) is 11.4. The molecule has 0 spiro atoms. The predicted octanol–water partition coefficient (Wildman–Crippen LogP) is 4.12. The van der Waals surface area contributed by atoms with E-state index in [0.29, 0.717) is 37.3 Å². The van der Waals surface area contributed by atoms with Gasteiger partial charge in [-0.25, -0.2) is 9.37 Å². The maximum absolute atomic E-state index is 13.0. The zero-order valence-electron chi connectivity index (χ0n) is 16.6. The van der Waals surface area contributed by atoms with E-state index in [2.05, 4.69) is 39.6 Å². The number of hydrogen-bond donors (Lipinski definition) is 2. The van der Waals surface area contributed by atoms with E-state index >= 15 is 0 Å². The molecule has 3 rings (SSSR count). The highest BCUT2D eigenvalue weighted by Gasteiger charge is 2.09. The van der Waals surface area contributed by atoms with E-state index in [1.54, 1.807) is 25.4 Å². The average molecular weight is 513 g/mol. The molecule has 156 valence electrons. The Morgan fingerprint density at radius 1 is 1.21 bits per heavy atom. The van der Waals surface area contributed by atoms with E-state index in [1.165, 1.54) is 12.1 Å². The van der Waals surface area contributed by atoms with Crippen LogP contribution in [0, 0.1) is 5.82 Å². The first-order valence-electron chi connectivity index (χ1n) is 9.15. The zero-order chi connectivity index (χ0) is 19.9. The summed E-state index contributed by atoms with van der Waals surface area (Å²) in [6.07, 6.45) is 2.27. The van der Waals surface area contributed by atoms with Crippen LogP contribution in [-0.4, -0.2) is 29.7 Å². The van der Waals surface area contributed by atoms with Crippen molar-refractivity contribution in [1.29, 1.82) is 0 Å². The van der Waals surface area contributed by atoms with Gasteiger partial charge in [-0.05, 0) is 30.2 Å². The lowest BCUT2D eigenvalue weighted by molar-refractivity contribution is 0.372. The quantitative estimate of drug-likeness (QED) is 0.281. The van der Waals surface area contributed by atoms with E-state index in [4.69, 9.17) is 8.94 Å². The lowest BCUT2D eigenvalue weighted by atomic mass is 10.1. The number of guanidine groups is 1. The van der Waals surface area contributed by atoms with E-state index < -0.39 is 0 Å². The Bertz CT molecular complexity index is 921. The molecule has 0 aliphatic carbocycles. The summed E-state index contributed by atoms with van der Waals surface area (Å²) >= 11 is 0. The molecule has 0 saturated heterocycles. The smallest absolute Gasteiger partial charge is 0.226 e. The van der Waals surface area contributed by atoms with Crippen LogP contribution in [0.5, 0.6) is 0 Å². The number of oxazole rings is 1. The lowest BCUT2D eigenvalue weighted by Crippen LogP contribution is -2.37. The monoisotopic (exact) mass is 513 g/mol. The fourth-order valence-electron chi connectivity index (χ4n) is 2.53. The summed E-state index contributed by atoms with van der Waals surface area (Å²) in [4.78, 5) is 8.62. The third-order valence-corrected chi connectivity index (χ3v) is 4.14. The van der Waals surface area contributed by atoms with Gasteiger partial charge in [-0.2, -0.15) is 0 Å². The van der Waals surface area contributed by atoms with Gasteiger partial charge < -0.3 is 19.6 Å². The molecule has 1 aromatic carbocycles. The highest BCUT2D eigenvalue weighted by atomic mass is 127. The molecular weight excluding hydrogens is 488 g/mol. The van der Waals surface area contributed by atoms with Crippen LogP contribution < -0.4 is 10.6 Å². The minimum atomic E-state index is -0.288. The number of aliphatic imine (C=N–C) groups is 1. The molecule has 9 heteroatoms. The number of benzene rings is 1. The molecule has 29 heavy (non-hydrogen) atoms. The maximum atomic E-state index is 13.0. The summed E-state index contributed by atoms with van der Waals surface area (Å²) in [7, 11) is 1.71. The van der Waals surface area contributed by atoms with Crippen LogP contribution in [0.15, 0.2) is 50.5 Å². The van der Waals surface area contributed by atoms with E-state index in [-0.39, 0.29) is 29.8 Å². The van der Waals surface area contributed by atoms with Gasteiger partial charge >= 0.3 is 0 Å². The van der Waals surface area contributed by atoms with Crippen LogP contribution in [0.1, 0.15) is 36.9 Å². The second kappa shape index (κ2) is 10.9. The van der Waals surface area contributed by atoms with Crippen LogP contribution >= 0.6 is 24.0 Å². The fourth-order valence-corrected chi connectivity index (χ4v) is 2.53. The molecule has 0 amide bonds. The van der Waals surface area contributed by atoms with E-state index in [9.17, 15) is 4.39 Å². The van der Waals surface area contributed by atoms with Crippen LogP contribution in [0.3, 0.4) is 0 Å². The molecule has 2 aromatic heterocycles. The van der Waals surface area contributed by atoms with E-state index in [0.717, 1.165) is 22.7 Å². The Balaban J connectivity index is 0.00000300. The van der Waals surface area contributed by atoms with Crippen molar-refractivity contribution in [1.82, 2.24) is 20.8 Å². The largest absolute Gasteiger partial charge is 0.444 e. The summed E-state index contributed by atoms with van der Waals surface area (Å²) in [5.74, 6) is 1.93. The van der Waals surface area contributed by atoms with Gasteiger partial charge in [-0.3, -0.25) is 4.99 Å². The van der Waals surface area contributed by atoms with Crippen molar-refractivity contribution in [2.45, 2.75) is 32.7 Å². The summed E-state index contributed by atoms with van der Waals surface area (Å²) in [6, 6.07) is 7.99. The molecule has 0 aliphatic rings. The first-order chi connectivity index (χ1) is 13.5. The molecular formula is C20H25FIN5O2. The Morgan fingerprint density at radius 2 is 1.97 bits per heavy atom. The van der Waals surface area contributed by atoms with Crippen molar-refractivity contribution in [3.63, 3.8) is 0 Å². The molecule has 0 radical (unpaired) electrons. The number of halogens is 2. The molecule has 0 atom stereocenters. The van der Waals surface area contributed by atoms with Crippen molar-refractivity contribution in [3.8, 4) is 11.5 Å². The first-order valence-corrected chi connectivity index (χ1v) is 9.15. The first kappa shape index (κ1) is 22.9. The third kappa shape index (κ3) is 6.55. The van der Waals surface area contributed by atoms with Crippen molar-refractivity contribution in [2.75, 3.05) is 13.6 Å². The molecule has 3 aromatic rings. The van der Waals surface area contributed by atoms with E-state index in [1.807, 2.05) is 6.07 Å². The van der Waals surface area contributed by atoms with Gasteiger partial charge in [0.1, 0.15) is 12.1 Å². The van der Waals surface area contributed by atoms with Crippen molar-refractivity contribution >= 4 is 29.9 Å². The molecule has 7 nitrogen and oxygen atoms in total. The summed E-state index contributed by atoms with van der Waals surface area (Å²) in [6.45, 7) is 5.27. The van der Waals surface area contributed by atoms with Crippen molar-refractivity contribution in [2.24, 2.45) is 4.99 Å². The van der Waals surface area contributed by atoms with Gasteiger partial charge in [-0.1, -0.05) is 19.0 Å². The van der Waals surface area contributed by atoms with Gasteiger partial charge in [0.15, 0.2) is 11.7 Å². The van der Waals surface area contributed by atoms with Crippen molar-refractivity contribution < 1.29 is 13.3 Å². The SMILES string of the molecule is CN=C(NCCc1coc(-c2ccc(F)cc2)n1)NCc1cc(C(C)C)no1.I. The van der Waals surface area contributed by atoms with Gasteiger partial charge in [0.25, 0.3) is 0 Å². The van der Waals surface area contributed by atoms with Crippen LogP contribution in [-0.2, 0) is 13.0 Å². The summed E-state index contributed by atoms with van der Waals surface area (Å²) in [5, 5.41) is 10.4. The number of rotatable bonds is 7. The van der Waals surface area contributed by atoms with Crippen molar-refractivity contribution in [3.05, 3.63) is 59.6 Å². The van der Waals surface area contributed by atoms with Gasteiger partial charge in [0, 0.05) is 31.6 Å². The van der Waals surface area contributed by atoms with Crippen LogP contribution in [0.4, 0.5) is 4.39 Å². The average Bonchev–Trinajstić information content (AvgIpc) is 3.35. The Kier molecular flexibility index (Phi) is 8.62. The Hall–Kier alpha value is -2.43. The van der Waals surface area contributed by atoms with Gasteiger partial charge in [0.2, 0.25) is 5.89 Å². The molecule has 0 saturated carbocycles. The number of aromatic nitrogens is 2. The number of hydrogen-bond acceptors (Lipinski definition) is 5. The van der Waals surface area contributed by atoms with Crippen LogP contribution in [0.2, 0.25) is 0 Å². The fraction of sp³-hybridized carbons (Fsp3) is 0.350. The second-order valence-electron chi connectivity index (χ2n) is 6.63. The van der Waals surface area contributed by atoms with Gasteiger partial charge in [0.05, 0.1) is 17.9 Å². The second-order valence-corrected chi connectivity index (χ2v) is 6.63. The molecule has 2 heterocycles. The number of nitrogens with zero attached hydrogens (tertiary/aromatic N) is 3.